The zero-order chi connectivity index (χ0) is 14.2. The Kier molecular flexibility index (Phi) is 3.28. The molecular weight excluding hydrogens is 276 g/mol. The molecule has 1 atom stereocenters. The maximum atomic E-state index is 12.3. The van der Waals surface area contributed by atoms with Gasteiger partial charge in [0, 0.05) is 19.8 Å². The third-order valence-electron chi connectivity index (χ3n) is 2.71. The molecular formula is C9H12N4O5S. The zero-order valence-corrected chi connectivity index (χ0v) is 10.8. The quantitative estimate of drug-likeness (QED) is 0.663. The molecule has 1 aliphatic rings. The maximum absolute atomic E-state index is 12.3. The van der Waals surface area contributed by atoms with Crippen LogP contribution in [0.1, 0.15) is 0 Å². The number of carbonyl (C=O) groups is 2. The highest BCUT2D eigenvalue weighted by atomic mass is 32.2. The highest BCUT2D eigenvalue weighted by molar-refractivity contribution is 7.89. The van der Waals surface area contributed by atoms with E-state index in [0.717, 1.165) is 6.20 Å². The Hall–Kier alpha value is -1.94. The van der Waals surface area contributed by atoms with Crippen molar-refractivity contribution >= 4 is 21.9 Å². The Bertz CT molecular complexity index is 622. The van der Waals surface area contributed by atoms with Crippen LogP contribution in [0.2, 0.25) is 0 Å². The molecule has 0 radical (unpaired) electrons. The van der Waals surface area contributed by atoms with Gasteiger partial charge < -0.3 is 10.4 Å². The van der Waals surface area contributed by atoms with Crippen LogP contribution in [-0.2, 0) is 26.7 Å². The van der Waals surface area contributed by atoms with E-state index < -0.39 is 34.5 Å². The molecule has 2 heterocycles. The van der Waals surface area contributed by atoms with Gasteiger partial charge in [-0.25, -0.2) is 8.42 Å². The average molecular weight is 288 g/mol. The lowest BCUT2D eigenvalue weighted by molar-refractivity contribution is -0.143. The Morgan fingerprint density at radius 2 is 2.26 bits per heavy atom. The van der Waals surface area contributed by atoms with Crippen molar-refractivity contribution in [1.82, 2.24) is 19.4 Å². The molecule has 0 spiro atoms. The number of amides is 1. The van der Waals surface area contributed by atoms with E-state index in [1.165, 1.54) is 17.9 Å². The molecule has 19 heavy (non-hydrogen) atoms. The number of rotatable bonds is 3. The second-order valence-electron chi connectivity index (χ2n) is 4.06. The monoisotopic (exact) mass is 288 g/mol. The summed E-state index contributed by atoms with van der Waals surface area (Å²) in [4.78, 5) is 22.2. The van der Waals surface area contributed by atoms with Gasteiger partial charge in [0.25, 0.3) is 0 Å². The zero-order valence-electron chi connectivity index (χ0n) is 9.98. The van der Waals surface area contributed by atoms with Crippen molar-refractivity contribution in [3.63, 3.8) is 0 Å². The SMILES string of the molecule is Cn1cc(S(=O)(=O)N2CC(=O)NCC2C(=O)O)cn1. The van der Waals surface area contributed by atoms with Crippen LogP contribution in [0, 0.1) is 0 Å². The van der Waals surface area contributed by atoms with E-state index in [1.807, 2.05) is 0 Å². The van der Waals surface area contributed by atoms with Gasteiger partial charge in [0.15, 0.2) is 0 Å². The number of aliphatic carboxylic acids is 1. The summed E-state index contributed by atoms with van der Waals surface area (Å²) in [7, 11) is -2.52. The Labute approximate surface area is 108 Å². The number of sulfonamides is 1. The van der Waals surface area contributed by atoms with Gasteiger partial charge >= 0.3 is 5.97 Å². The van der Waals surface area contributed by atoms with Crippen LogP contribution in [0.4, 0.5) is 0 Å². The van der Waals surface area contributed by atoms with E-state index in [1.54, 1.807) is 0 Å². The van der Waals surface area contributed by atoms with E-state index in [-0.39, 0.29) is 11.4 Å². The molecule has 1 aromatic heterocycles. The fourth-order valence-electron chi connectivity index (χ4n) is 1.75. The number of aromatic nitrogens is 2. The number of hydrogen-bond donors (Lipinski definition) is 2. The molecule has 1 saturated heterocycles. The molecule has 1 aromatic rings. The van der Waals surface area contributed by atoms with Gasteiger partial charge in [-0.1, -0.05) is 0 Å². The highest BCUT2D eigenvalue weighted by Gasteiger charge is 2.40. The Morgan fingerprint density at radius 3 is 2.79 bits per heavy atom. The lowest BCUT2D eigenvalue weighted by atomic mass is 10.2. The summed E-state index contributed by atoms with van der Waals surface area (Å²) in [6.07, 6.45) is 2.36. The van der Waals surface area contributed by atoms with E-state index in [2.05, 4.69) is 10.4 Å². The molecule has 2 N–H and O–H groups in total. The van der Waals surface area contributed by atoms with Crippen molar-refractivity contribution < 1.29 is 23.1 Å². The number of aryl methyl sites for hydroxylation is 1. The standard InChI is InChI=1S/C9H12N4O5S/c1-12-4-6(2-11-12)19(17,18)13-5-8(14)10-3-7(13)9(15)16/h2,4,7H,3,5H2,1H3,(H,10,14)(H,15,16). The lowest BCUT2D eigenvalue weighted by Crippen LogP contribution is -2.59. The maximum Gasteiger partial charge on any atom is 0.323 e. The number of carboxylic acid groups (broad SMARTS) is 1. The van der Waals surface area contributed by atoms with E-state index >= 15 is 0 Å². The van der Waals surface area contributed by atoms with Gasteiger partial charge in [-0.3, -0.25) is 14.3 Å². The van der Waals surface area contributed by atoms with E-state index in [0.29, 0.717) is 4.31 Å². The van der Waals surface area contributed by atoms with Crippen LogP contribution >= 0.6 is 0 Å². The molecule has 10 heteroatoms. The largest absolute Gasteiger partial charge is 0.480 e. The molecule has 2 rings (SSSR count). The third-order valence-corrected chi connectivity index (χ3v) is 4.52. The molecule has 0 aliphatic carbocycles. The van der Waals surface area contributed by atoms with E-state index in [9.17, 15) is 18.0 Å². The number of nitrogens with zero attached hydrogens (tertiary/aromatic N) is 3. The van der Waals surface area contributed by atoms with Crippen molar-refractivity contribution in [2.75, 3.05) is 13.1 Å². The predicted octanol–water partition coefficient (Wildman–Crippen LogP) is -2.01. The van der Waals surface area contributed by atoms with Gasteiger partial charge in [0.1, 0.15) is 10.9 Å². The van der Waals surface area contributed by atoms with Crippen LogP contribution in [0.15, 0.2) is 17.3 Å². The van der Waals surface area contributed by atoms with Gasteiger partial charge in [-0.15, -0.1) is 0 Å². The molecule has 104 valence electrons. The summed E-state index contributed by atoms with van der Waals surface area (Å²) < 4.78 is 26.5. The highest BCUT2D eigenvalue weighted by Crippen LogP contribution is 2.19. The van der Waals surface area contributed by atoms with Crippen LogP contribution < -0.4 is 5.32 Å². The average Bonchev–Trinajstić information content (AvgIpc) is 2.76. The summed E-state index contributed by atoms with van der Waals surface area (Å²) in [5.41, 5.74) is 0. The van der Waals surface area contributed by atoms with Crippen LogP contribution in [0.25, 0.3) is 0 Å². The molecule has 0 aromatic carbocycles. The second kappa shape index (κ2) is 4.63. The summed E-state index contributed by atoms with van der Waals surface area (Å²) >= 11 is 0. The molecule has 1 unspecified atom stereocenters. The molecule has 9 nitrogen and oxygen atoms in total. The predicted molar refractivity (Wildman–Crippen MR) is 61.5 cm³/mol. The molecule has 0 bridgehead atoms. The summed E-state index contributed by atoms with van der Waals surface area (Å²) in [5.74, 6) is -1.85. The smallest absolute Gasteiger partial charge is 0.323 e. The number of carboxylic acids is 1. The summed E-state index contributed by atoms with van der Waals surface area (Å²) in [5, 5.41) is 15.1. The number of nitrogens with one attached hydrogen (secondary N) is 1. The molecule has 1 amide bonds. The summed E-state index contributed by atoms with van der Waals surface area (Å²) in [6, 6.07) is -1.32. The second-order valence-corrected chi connectivity index (χ2v) is 5.95. The van der Waals surface area contributed by atoms with E-state index in [4.69, 9.17) is 5.11 Å². The minimum absolute atomic E-state index is 0.143. The van der Waals surface area contributed by atoms with Gasteiger partial charge in [0.05, 0.1) is 12.7 Å². The van der Waals surface area contributed by atoms with Gasteiger partial charge in [-0.2, -0.15) is 9.40 Å². The van der Waals surface area contributed by atoms with Crippen molar-refractivity contribution in [1.29, 1.82) is 0 Å². The first-order valence-electron chi connectivity index (χ1n) is 5.32. The Balaban J connectivity index is 2.41. The van der Waals surface area contributed by atoms with Crippen molar-refractivity contribution in [3.8, 4) is 0 Å². The summed E-state index contributed by atoms with van der Waals surface area (Å²) in [6.45, 7) is -0.776. The first-order valence-corrected chi connectivity index (χ1v) is 6.76. The molecule has 1 fully saturated rings. The topological polar surface area (TPSA) is 122 Å². The van der Waals surface area contributed by atoms with Crippen LogP contribution in [0.5, 0.6) is 0 Å². The fourth-order valence-corrected chi connectivity index (χ4v) is 3.27. The first-order chi connectivity index (χ1) is 8.82. The Morgan fingerprint density at radius 1 is 1.58 bits per heavy atom. The first kappa shape index (κ1) is 13.5. The van der Waals surface area contributed by atoms with Gasteiger partial charge in [-0.05, 0) is 0 Å². The van der Waals surface area contributed by atoms with Crippen LogP contribution in [0.3, 0.4) is 0 Å². The normalized spacial score (nSPS) is 21.1. The number of hydrogen-bond acceptors (Lipinski definition) is 5. The van der Waals surface area contributed by atoms with Crippen LogP contribution in [-0.4, -0.2) is 58.6 Å². The lowest BCUT2D eigenvalue weighted by Gasteiger charge is -2.31. The fraction of sp³-hybridized carbons (Fsp3) is 0.444. The third kappa shape index (κ3) is 2.44. The number of piperazine rings is 1. The molecule has 1 aliphatic heterocycles. The van der Waals surface area contributed by atoms with Crippen molar-refractivity contribution in [2.24, 2.45) is 7.05 Å². The van der Waals surface area contributed by atoms with Crippen molar-refractivity contribution in [2.45, 2.75) is 10.9 Å². The molecule has 0 saturated carbocycles. The minimum Gasteiger partial charge on any atom is -0.480 e. The van der Waals surface area contributed by atoms with Crippen molar-refractivity contribution in [3.05, 3.63) is 12.4 Å². The minimum atomic E-state index is -4.06. The van der Waals surface area contributed by atoms with Gasteiger partial charge in [0.2, 0.25) is 15.9 Å². The number of carbonyl (C=O) groups excluding carboxylic acids is 1.